The number of pyridine rings is 1. The molecule has 156 valence electrons. The van der Waals surface area contributed by atoms with Gasteiger partial charge in [0.1, 0.15) is 11.0 Å². The van der Waals surface area contributed by atoms with E-state index in [1.165, 1.54) is 24.3 Å². The molecule has 0 unspecified atom stereocenters. The molecule has 2 aromatic carbocycles. The molecule has 3 heterocycles. The predicted octanol–water partition coefficient (Wildman–Crippen LogP) is 5.30. The summed E-state index contributed by atoms with van der Waals surface area (Å²) in [5.41, 5.74) is 3.72. The molecule has 0 saturated heterocycles. The van der Waals surface area contributed by atoms with Crippen LogP contribution in [-0.2, 0) is 9.84 Å². The van der Waals surface area contributed by atoms with Crippen molar-refractivity contribution >= 4 is 32.0 Å². The van der Waals surface area contributed by atoms with E-state index in [-0.39, 0.29) is 9.79 Å². The zero-order valence-electron chi connectivity index (χ0n) is 17.2. The van der Waals surface area contributed by atoms with Crippen molar-refractivity contribution in [1.29, 1.82) is 0 Å². The number of rotatable bonds is 4. The predicted molar refractivity (Wildman–Crippen MR) is 116 cm³/mol. The number of nitrogens with zero attached hydrogens (tertiary/aromatic N) is 3. The fourth-order valence-electron chi connectivity index (χ4n) is 3.40. The van der Waals surface area contributed by atoms with E-state index in [0.717, 1.165) is 11.3 Å². The average molecular weight is 433 g/mol. The highest BCUT2D eigenvalue weighted by Gasteiger charge is 2.21. The van der Waals surface area contributed by atoms with Crippen LogP contribution in [0, 0.1) is 6.92 Å². The van der Waals surface area contributed by atoms with Crippen LogP contribution in [0.4, 0.5) is 0 Å². The summed E-state index contributed by atoms with van der Waals surface area (Å²) in [6, 6.07) is 13.1. The maximum absolute atomic E-state index is 13.2. The Labute approximate surface area is 178 Å². The third-order valence-electron chi connectivity index (χ3n) is 5.07. The van der Waals surface area contributed by atoms with Gasteiger partial charge in [-0.05, 0) is 54.4 Å². The van der Waals surface area contributed by atoms with Gasteiger partial charge in [0.25, 0.3) is 0 Å². The second-order valence-electron chi connectivity index (χ2n) is 7.64. The van der Waals surface area contributed by atoms with Crippen molar-refractivity contribution in [3.8, 4) is 11.5 Å². The molecule has 0 bridgehead atoms. The van der Waals surface area contributed by atoms with Gasteiger partial charge in [-0.25, -0.2) is 18.4 Å². The van der Waals surface area contributed by atoms with E-state index in [4.69, 9.17) is 8.83 Å². The van der Waals surface area contributed by atoms with E-state index < -0.39 is 9.84 Å². The van der Waals surface area contributed by atoms with Crippen LogP contribution in [0.1, 0.15) is 31.4 Å². The first kappa shape index (κ1) is 19.4. The van der Waals surface area contributed by atoms with Crippen LogP contribution in [0.25, 0.3) is 33.7 Å². The highest BCUT2D eigenvalue weighted by atomic mass is 32.2. The third kappa shape index (κ3) is 3.38. The summed E-state index contributed by atoms with van der Waals surface area (Å²) in [6.07, 6.45) is 1.72. The molecule has 0 amide bonds. The van der Waals surface area contributed by atoms with E-state index in [1.807, 2.05) is 12.1 Å². The quantitative estimate of drug-likeness (QED) is 0.379. The first-order chi connectivity index (χ1) is 14.8. The fourth-order valence-corrected chi connectivity index (χ4v) is 4.70. The Balaban J connectivity index is 1.54. The van der Waals surface area contributed by atoms with Gasteiger partial charge < -0.3 is 8.83 Å². The molecule has 5 aromatic rings. The number of fused-ring (bicyclic) bond motifs is 2. The SMILES string of the molecule is Cc1nc2cc(S(=O)(=O)c3ccc4oc(-c5ccc(C(C)C)nc5)nc4c3)ccc2o1. The van der Waals surface area contributed by atoms with E-state index in [0.29, 0.717) is 39.9 Å². The van der Waals surface area contributed by atoms with Gasteiger partial charge in [0.05, 0.1) is 15.4 Å². The van der Waals surface area contributed by atoms with Crippen LogP contribution >= 0.6 is 0 Å². The zero-order valence-corrected chi connectivity index (χ0v) is 18.0. The molecule has 5 rings (SSSR count). The molecular weight excluding hydrogens is 414 g/mol. The van der Waals surface area contributed by atoms with Gasteiger partial charge in [-0.2, -0.15) is 0 Å². The molecule has 0 aliphatic rings. The van der Waals surface area contributed by atoms with E-state index in [1.54, 1.807) is 25.3 Å². The lowest BCUT2D eigenvalue weighted by Crippen LogP contribution is -2.01. The lowest BCUT2D eigenvalue weighted by molar-refractivity contribution is 0.561. The molecule has 0 aliphatic carbocycles. The number of benzene rings is 2. The summed E-state index contributed by atoms with van der Waals surface area (Å²) >= 11 is 0. The highest BCUT2D eigenvalue weighted by Crippen LogP contribution is 2.30. The number of hydrogen-bond donors (Lipinski definition) is 0. The molecule has 7 nitrogen and oxygen atoms in total. The third-order valence-corrected chi connectivity index (χ3v) is 6.82. The second kappa shape index (κ2) is 7.02. The van der Waals surface area contributed by atoms with Crippen LogP contribution < -0.4 is 0 Å². The van der Waals surface area contributed by atoms with Crippen LogP contribution in [0.3, 0.4) is 0 Å². The molecule has 0 radical (unpaired) electrons. The lowest BCUT2D eigenvalue weighted by Gasteiger charge is -2.04. The number of hydrogen-bond acceptors (Lipinski definition) is 7. The summed E-state index contributed by atoms with van der Waals surface area (Å²) in [4.78, 5) is 13.4. The first-order valence-corrected chi connectivity index (χ1v) is 11.3. The topological polar surface area (TPSA) is 99.1 Å². The van der Waals surface area contributed by atoms with Crippen LogP contribution in [0.15, 0.2) is 73.4 Å². The number of aryl methyl sites for hydroxylation is 1. The van der Waals surface area contributed by atoms with Gasteiger partial charge in [0.2, 0.25) is 15.7 Å². The normalized spacial score (nSPS) is 12.3. The Hall–Kier alpha value is -3.52. The highest BCUT2D eigenvalue weighted by molar-refractivity contribution is 7.91. The zero-order chi connectivity index (χ0) is 21.8. The maximum Gasteiger partial charge on any atom is 0.228 e. The molecule has 0 fully saturated rings. The lowest BCUT2D eigenvalue weighted by atomic mass is 10.1. The first-order valence-electron chi connectivity index (χ1n) is 9.80. The monoisotopic (exact) mass is 433 g/mol. The smallest absolute Gasteiger partial charge is 0.228 e. The number of sulfone groups is 1. The van der Waals surface area contributed by atoms with Crippen molar-refractivity contribution < 1.29 is 17.3 Å². The van der Waals surface area contributed by atoms with Crippen molar-refractivity contribution in [2.45, 2.75) is 36.5 Å². The van der Waals surface area contributed by atoms with E-state index in [9.17, 15) is 8.42 Å². The molecule has 0 saturated carbocycles. The number of oxazole rings is 2. The standard InChI is InChI=1S/C23H19N3O4S/c1-13(2)18-7-4-15(12-24-18)23-26-20-11-17(6-9-22(20)30-23)31(27,28)16-5-8-21-19(10-16)25-14(3)29-21/h4-13H,1-3H3. The Morgan fingerprint density at radius 1 is 0.839 bits per heavy atom. The minimum absolute atomic E-state index is 0.132. The molecular formula is C23H19N3O4S. The number of aromatic nitrogens is 3. The van der Waals surface area contributed by atoms with E-state index >= 15 is 0 Å². The largest absolute Gasteiger partial charge is 0.441 e. The van der Waals surface area contributed by atoms with Crippen molar-refractivity contribution in [2.75, 3.05) is 0 Å². The van der Waals surface area contributed by atoms with Gasteiger partial charge in [-0.15, -0.1) is 0 Å². The van der Waals surface area contributed by atoms with Crippen LogP contribution in [-0.4, -0.2) is 23.4 Å². The maximum atomic E-state index is 13.2. The van der Waals surface area contributed by atoms with Crippen molar-refractivity contribution in [3.05, 3.63) is 66.3 Å². The summed E-state index contributed by atoms with van der Waals surface area (Å²) < 4.78 is 37.6. The Morgan fingerprint density at radius 2 is 1.48 bits per heavy atom. The summed E-state index contributed by atoms with van der Waals surface area (Å²) in [5.74, 6) is 1.20. The molecule has 0 N–H and O–H groups in total. The van der Waals surface area contributed by atoms with Gasteiger partial charge >= 0.3 is 0 Å². The van der Waals surface area contributed by atoms with Gasteiger partial charge in [0.15, 0.2) is 17.1 Å². The van der Waals surface area contributed by atoms with Gasteiger partial charge in [-0.1, -0.05) is 13.8 Å². The fraction of sp³-hybridized carbons (Fsp3) is 0.174. The Bertz CT molecular complexity index is 1530. The summed E-state index contributed by atoms with van der Waals surface area (Å²) in [5, 5.41) is 0. The Morgan fingerprint density at radius 3 is 2.10 bits per heavy atom. The molecule has 0 atom stereocenters. The van der Waals surface area contributed by atoms with Gasteiger partial charge in [0, 0.05) is 18.8 Å². The Kier molecular flexibility index (Phi) is 4.40. The van der Waals surface area contributed by atoms with Crippen LogP contribution in [0.5, 0.6) is 0 Å². The second-order valence-corrected chi connectivity index (χ2v) is 9.59. The average Bonchev–Trinajstić information content (AvgIpc) is 3.34. The molecule has 3 aromatic heterocycles. The molecule has 31 heavy (non-hydrogen) atoms. The minimum atomic E-state index is -3.76. The summed E-state index contributed by atoms with van der Waals surface area (Å²) in [7, 11) is -3.76. The minimum Gasteiger partial charge on any atom is -0.441 e. The van der Waals surface area contributed by atoms with E-state index in [2.05, 4.69) is 28.8 Å². The van der Waals surface area contributed by atoms with Crippen LogP contribution in [0.2, 0.25) is 0 Å². The summed E-state index contributed by atoms with van der Waals surface area (Å²) in [6.45, 7) is 5.87. The molecule has 0 aliphatic heterocycles. The van der Waals surface area contributed by atoms with Crippen molar-refractivity contribution in [3.63, 3.8) is 0 Å². The van der Waals surface area contributed by atoms with Crippen molar-refractivity contribution in [2.24, 2.45) is 0 Å². The molecule has 8 heteroatoms. The van der Waals surface area contributed by atoms with Crippen molar-refractivity contribution in [1.82, 2.24) is 15.0 Å². The molecule has 0 spiro atoms. The van der Waals surface area contributed by atoms with Gasteiger partial charge in [-0.3, -0.25) is 4.98 Å².